The second-order valence-corrected chi connectivity index (χ2v) is 5.40. The number of rotatable bonds is 6. The van der Waals surface area contributed by atoms with Gasteiger partial charge in [0, 0.05) is 24.5 Å². The summed E-state index contributed by atoms with van der Waals surface area (Å²) in [5.74, 6) is 1.94. The largest absolute Gasteiger partial charge is 0.497 e. The molecule has 1 atom stereocenters. The van der Waals surface area contributed by atoms with Crippen LogP contribution in [-0.4, -0.2) is 40.5 Å². The van der Waals surface area contributed by atoms with Gasteiger partial charge >= 0.3 is 0 Å². The lowest BCUT2D eigenvalue weighted by Crippen LogP contribution is -2.14. The van der Waals surface area contributed by atoms with Crippen molar-refractivity contribution in [3.8, 4) is 11.5 Å². The topological polar surface area (TPSA) is 80.9 Å². The molecular formula is C17H20N4O3. The number of hydrogen-bond donors (Lipinski definition) is 2. The van der Waals surface area contributed by atoms with Crippen molar-refractivity contribution < 1.29 is 14.6 Å². The minimum absolute atomic E-state index is 0.278. The minimum atomic E-state index is -0.777. The van der Waals surface area contributed by atoms with E-state index in [1.54, 1.807) is 49.3 Å². The van der Waals surface area contributed by atoms with Crippen LogP contribution in [0.2, 0.25) is 0 Å². The van der Waals surface area contributed by atoms with Gasteiger partial charge in [0.25, 0.3) is 0 Å². The van der Waals surface area contributed by atoms with E-state index < -0.39 is 6.10 Å². The van der Waals surface area contributed by atoms with E-state index in [-0.39, 0.29) is 6.54 Å². The van der Waals surface area contributed by atoms with E-state index in [2.05, 4.69) is 15.4 Å². The molecule has 2 aromatic heterocycles. The number of nitrogens with zero attached hydrogens (tertiary/aromatic N) is 3. The number of methoxy groups -OCH3 is 2. The van der Waals surface area contributed by atoms with Gasteiger partial charge < -0.3 is 19.9 Å². The molecule has 0 aliphatic carbocycles. The molecule has 0 radical (unpaired) electrons. The van der Waals surface area contributed by atoms with Crippen LogP contribution < -0.4 is 14.8 Å². The molecule has 0 saturated carbocycles. The maximum Gasteiger partial charge on any atom is 0.152 e. The lowest BCUT2D eigenvalue weighted by atomic mass is 10.1. The molecule has 0 bridgehead atoms. The summed E-state index contributed by atoms with van der Waals surface area (Å²) in [6.07, 6.45) is 2.68. The average molecular weight is 328 g/mol. The van der Waals surface area contributed by atoms with Crippen LogP contribution in [0, 0.1) is 6.92 Å². The molecule has 7 nitrogen and oxygen atoms in total. The Morgan fingerprint density at radius 3 is 2.83 bits per heavy atom. The Morgan fingerprint density at radius 1 is 1.25 bits per heavy atom. The van der Waals surface area contributed by atoms with Crippen molar-refractivity contribution in [2.24, 2.45) is 0 Å². The third-order valence-electron chi connectivity index (χ3n) is 3.77. The summed E-state index contributed by atoms with van der Waals surface area (Å²) < 4.78 is 12.3. The summed E-state index contributed by atoms with van der Waals surface area (Å²) >= 11 is 0. The number of aryl methyl sites for hydroxylation is 1. The number of nitrogens with one attached hydrogen (secondary N) is 1. The molecule has 3 rings (SSSR count). The Morgan fingerprint density at radius 2 is 2.08 bits per heavy atom. The monoisotopic (exact) mass is 328 g/mol. The number of aromatic nitrogens is 3. The first kappa shape index (κ1) is 16.1. The summed E-state index contributed by atoms with van der Waals surface area (Å²) in [4.78, 5) is 4.32. The number of anilines is 1. The average Bonchev–Trinajstić information content (AvgIpc) is 2.99. The molecule has 0 fully saturated rings. The second kappa shape index (κ2) is 6.76. The fraction of sp³-hybridized carbons (Fsp3) is 0.294. The first-order valence-corrected chi connectivity index (χ1v) is 7.57. The van der Waals surface area contributed by atoms with Gasteiger partial charge in [-0.1, -0.05) is 0 Å². The molecular weight excluding hydrogens is 308 g/mol. The third kappa shape index (κ3) is 3.11. The number of ether oxygens (including phenoxy) is 2. The van der Waals surface area contributed by atoms with E-state index in [1.165, 1.54) is 0 Å². The summed E-state index contributed by atoms with van der Waals surface area (Å²) in [5.41, 5.74) is 2.42. The van der Waals surface area contributed by atoms with E-state index in [0.29, 0.717) is 22.9 Å². The van der Waals surface area contributed by atoms with Gasteiger partial charge in [-0.15, -0.1) is 0 Å². The van der Waals surface area contributed by atoms with Crippen molar-refractivity contribution in [3.05, 3.63) is 47.9 Å². The van der Waals surface area contributed by atoms with Crippen LogP contribution in [0.25, 0.3) is 5.52 Å². The zero-order valence-corrected chi connectivity index (χ0v) is 13.9. The van der Waals surface area contributed by atoms with E-state index in [0.717, 1.165) is 11.2 Å². The summed E-state index contributed by atoms with van der Waals surface area (Å²) in [6, 6.07) is 7.27. The second-order valence-electron chi connectivity index (χ2n) is 5.40. The smallest absolute Gasteiger partial charge is 0.152 e. The molecule has 126 valence electrons. The highest BCUT2D eigenvalue weighted by Crippen LogP contribution is 2.29. The molecule has 0 aliphatic rings. The highest BCUT2D eigenvalue weighted by Gasteiger charge is 2.15. The van der Waals surface area contributed by atoms with Crippen molar-refractivity contribution in [2.75, 3.05) is 26.1 Å². The highest BCUT2D eigenvalue weighted by molar-refractivity contribution is 5.67. The van der Waals surface area contributed by atoms with Crippen molar-refractivity contribution in [1.29, 1.82) is 0 Å². The van der Waals surface area contributed by atoms with E-state index in [9.17, 15) is 5.11 Å². The molecule has 2 N–H and O–H groups in total. The molecule has 0 aliphatic heterocycles. The number of aliphatic hydroxyl groups excluding tert-OH is 1. The lowest BCUT2D eigenvalue weighted by molar-refractivity contribution is 0.186. The van der Waals surface area contributed by atoms with Crippen molar-refractivity contribution in [1.82, 2.24) is 14.6 Å². The van der Waals surface area contributed by atoms with Crippen LogP contribution in [-0.2, 0) is 0 Å². The van der Waals surface area contributed by atoms with Crippen LogP contribution in [0.4, 0.5) is 5.82 Å². The number of fused-ring (bicyclic) bond motifs is 1. The van der Waals surface area contributed by atoms with Crippen LogP contribution in [0.3, 0.4) is 0 Å². The van der Waals surface area contributed by atoms with Gasteiger partial charge in [-0.2, -0.15) is 5.10 Å². The fourth-order valence-electron chi connectivity index (χ4n) is 2.58. The Labute approximate surface area is 139 Å². The number of aliphatic hydroxyl groups is 1. The SMILES string of the molecule is COc1ccc(OC)c(C(O)CNc2nccn3nc(C)cc23)c1. The normalized spacial score (nSPS) is 12.2. The van der Waals surface area contributed by atoms with Gasteiger partial charge in [-0.3, -0.25) is 0 Å². The van der Waals surface area contributed by atoms with Crippen molar-refractivity contribution >= 4 is 11.3 Å². The van der Waals surface area contributed by atoms with E-state index in [1.807, 2.05) is 13.0 Å². The first-order chi connectivity index (χ1) is 11.6. The molecule has 7 heteroatoms. The third-order valence-corrected chi connectivity index (χ3v) is 3.77. The van der Waals surface area contributed by atoms with Crippen molar-refractivity contribution in [3.63, 3.8) is 0 Å². The summed E-state index contributed by atoms with van der Waals surface area (Å²) in [6.45, 7) is 2.20. The van der Waals surface area contributed by atoms with Gasteiger partial charge in [0.1, 0.15) is 17.0 Å². The van der Waals surface area contributed by atoms with Gasteiger partial charge in [-0.25, -0.2) is 9.50 Å². The standard InChI is InChI=1S/C17H20N4O3/c1-11-8-14-17(18-6-7-21(14)20-11)19-10-15(22)13-9-12(23-2)4-5-16(13)24-3/h4-9,15,22H,10H2,1-3H3,(H,18,19). The van der Waals surface area contributed by atoms with Crippen molar-refractivity contribution in [2.45, 2.75) is 13.0 Å². The zero-order chi connectivity index (χ0) is 17.1. The number of benzene rings is 1. The van der Waals surface area contributed by atoms with E-state index in [4.69, 9.17) is 9.47 Å². The van der Waals surface area contributed by atoms with Gasteiger partial charge in [0.05, 0.1) is 26.0 Å². The Bertz CT molecular complexity index is 847. The maximum absolute atomic E-state index is 10.5. The maximum atomic E-state index is 10.5. The minimum Gasteiger partial charge on any atom is -0.497 e. The molecule has 0 spiro atoms. The van der Waals surface area contributed by atoms with Crippen LogP contribution in [0.5, 0.6) is 11.5 Å². The van der Waals surface area contributed by atoms with Crippen LogP contribution in [0.15, 0.2) is 36.7 Å². The lowest BCUT2D eigenvalue weighted by Gasteiger charge is -2.17. The van der Waals surface area contributed by atoms with Gasteiger partial charge in [-0.05, 0) is 31.2 Å². The molecule has 2 heterocycles. The Balaban J connectivity index is 1.81. The van der Waals surface area contributed by atoms with E-state index >= 15 is 0 Å². The molecule has 0 amide bonds. The molecule has 0 saturated heterocycles. The number of hydrogen-bond acceptors (Lipinski definition) is 6. The fourth-order valence-corrected chi connectivity index (χ4v) is 2.58. The highest BCUT2D eigenvalue weighted by atomic mass is 16.5. The van der Waals surface area contributed by atoms with Gasteiger partial charge in [0.15, 0.2) is 5.82 Å². The van der Waals surface area contributed by atoms with Crippen LogP contribution >= 0.6 is 0 Å². The first-order valence-electron chi connectivity index (χ1n) is 7.57. The zero-order valence-electron chi connectivity index (χ0n) is 13.9. The predicted octanol–water partition coefficient (Wildman–Crippen LogP) is 2.20. The van der Waals surface area contributed by atoms with Gasteiger partial charge in [0.2, 0.25) is 0 Å². The Hall–Kier alpha value is -2.80. The molecule has 1 unspecified atom stereocenters. The molecule has 3 aromatic rings. The summed E-state index contributed by atoms with van der Waals surface area (Å²) in [5, 5.41) is 18.1. The molecule has 24 heavy (non-hydrogen) atoms. The Kier molecular flexibility index (Phi) is 4.52. The predicted molar refractivity (Wildman–Crippen MR) is 90.7 cm³/mol. The van der Waals surface area contributed by atoms with Crippen LogP contribution in [0.1, 0.15) is 17.4 Å². The quantitative estimate of drug-likeness (QED) is 0.722. The molecule has 1 aromatic carbocycles. The summed E-state index contributed by atoms with van der Waals surface area (Å²) in [7, 11) is 3.16.